The van der Waals surface area contributed by atoms with Crippen LogP contribution in [-0.4, -0.2) is 15.8 Å². The van der Waals surface area contributed by atoms with Crippen molar-refractivity contribution < 1.29 is 4.79 Å². The predicted molar refractivity (Wildman–Crippen MR) is 145 cm³/mol. The summed E-state index contributed by atoms with van der Waals surface area (Å²) in [6, 6.07) is 20.1. The van der Waals surface area contributed by atoms with Gasteiger partial charge >= 0.3 is 0 Å². The molecule has 0 saturated carbocycles. The summed E-state index contributed by atoms with van der Waals surface area (Å²) in [5, 5.41) is 17.2. The van der Waals surface area contributed by atoms with Crippen molar-refractivity contribution in [1.29, 1.82) is 5.26 Å². The maximum absolute atomic E-state index is 11.7. The molecule has 4 aromatic rings. The molecule has 0 amide bonds. The standard InChI is InChI=1S/C27H22Cl2N6O/c1-15-10-21(22(13-30)17-6-8-19(28)9-7-17)23(29)12-24(15)35-27-25(31)26(32-14-33-27)34-20-5-3-4-18(11-20)16(2)36/h3-12,14,22H,31H2,1-2H3,(H2,32,33,34,35). The molecule has 0 bridgehead atoms. The molecular weight excluding hydrogens is 495 g/mol. The zero-order chi connectivity index (χ0) is 25.8. The van der Waals surface area contributed by atoms with Crippen LogP contribution in [0.5, 0.6) is 0 Å². The summed E-state index contributed by atoms with van der Waals surface area (Å²) in [6.07, 6.45) is 1.38. The van der Waals surface area contributed by atoms with Gasteiger partial charge in [0.15, 0.2) is 17.4 Å². The Hall–Kier alpha value is -4.12. The molecule has 0 radical (unpaired) electrons. The maximum Gasteiger partial charge on any atom is 0.159 e. The zero-order valence-corrected chi connectivity index (χ0v) is 21.0. The Bertz CT molecular complexity index is 1480. The molecule has 7 nitrogen and oxygen atoms in total. The maximum atomic E-state index is 11.7. The quantitative estimate of drug-likeness (QED) is 0.226. The number of hydrogen-bond acceptors (Lipinski definition) is 7. The lowest BCUT2D eigenvalue weighted by atomic mass is 9.91. The second kappa shape index (κ2) is 10.6. The second-order valence-corrected chi connectivity index (χ2v) is 9.02. The molecule has 36 heavy (non-hydrogen) atoms. The van der Waals surface area contributed by atoms with Crippen LogP contribution < -0.4 is 16.4 Å². The SMILES string of the molecule is CC(=O)c1cccc(Nc2ncnc(Nc3cc(Cl)c(C(C#N)c4ccc(Cl)cc4)cc3C)c2N)c1. The molecule has 4 rings (SSSR count). The summed E-state index contributed by atoms with van der Waals surface area (Å²) in [6.45, 7) is 3.41. The lowest BCUT2D eigenvalue weighted by Crippen LogP contribution is -2.07. The molecule has 1 unspecified atom stereocenters. The average Bonchev–Trinajstić information content (AvgIpc) is 2.86. The van der Waals surface area contributed by atoms with E-state index in [0.29, 0.717) is 49.9 Å². The van der Waals surface area contributed by atoms with Crippen LogP contribution >= 0.6 is 23.2 Å². The zero-order valence-electron chi connectivity index (χ0n) is 19.5. The molecule has 1 atom stereocenters. The minimum absolute atomic E-state index is 0.0397. The highest BCUT2D eigenvalue weighted by Gasteiger charge is 2.19. The molecule has 9 heteroatoms. The number of nitrogen functional groups attached to an aromatic ring is 1. The van der Waals surface area contributed by atoms with E-state index in [1.807, 2.05) is 31.2 Å². The molecule has 3 aromatic carbocycles. The molecule has 4 N–H and O–H groups in total. The van der Waals surface area contributed by atoms with Crippen molar-refractivity contribution in [3.63, 3.8) is 0 Å². The van der Waals surface area contributed by atoms with Gasteiger partial charge in [0, 0.05) is 27.0 Å². The number of nitrogens with two attached hydrogens (primary N) is 1. The number of aryl methyl sites for hydroxylation is 1. The number of rotatable bonds is 7. The lowest BCUT2D eigenvalue weighted by molar-refractivity contribution is 0.101. The Balaban J connectivity index is 1.61. The van der Waals surface area contributed by atoms with Crippen molar-refractivity contribution in [2.24, 2.45) is 0 Å². The van der Waals surface area contributed by atoms with Crippen molar-refractivity contribution in [1.82, 2.24) is 9.97 Å². The van der Waals surface area contributed by atoms with E-state index in [1.54, 1.807) is 36.4 Å². The first-order valence-electron chi connectivity index (χ1n) is 11.0. The van der Waals surface area contributed by atoms with E-state index < -0.39 is 5.92 Å². The van der Waals surface area contributed by atoms with Gasteiger partial charge in [0.25, 0.3) is 0 Å². The van der Waals surface area contributed by atoms with E-state index >= 15 is 0 Å². The van der Waals surface area contributed by atoms with Gasteiger partial charge in [-0.15, -0.1) is 0 Å². The van der Waals surface area contributed by atoms with Gasteiger partial charge in [-0.25, -0.2) is 9.97 Å². The minimum Gasteiger partial charge on any atom is -0.393 e. The Morgan fingerprint density at radius 1 is 1.03 bits per heavy atom. The van der Waals surface area contributed by atoms with Crippen LogP contribution in [0.3, 0.4) is 0 Å². The number of carbonyl (C=O) groups excluding carboxylic acids is 1. The van der Waals surface area contributed by atoms with Crippen molar-refractivity contribution in [2.75, 3.05) is 16.4 Å². The third-order valence-electron chi connectivity index (χ3n) is 5.66. The van der Waals surface area contributed by atoms with Crippen LogP contribution in [0.1, 0.15) is 39.9 Å². The first-order chi connectivity index (χ1) is 17.3. The van der Waals surface area contributed by atoms with E-state index in [2.05, 4.69) is 26.7 Å². The smallest absolute Gasteiger partial charge is 0.159 e. The van der Waals surface area contributed by atoms with Crippen LogP contribution in [0.25, 0.3) is 0 Å². The molecular formula is C27H22Cl2N6O. The highest BCUT2D eigenvalue weighted by atomic mass is 35.5. The number of carbonyl (C=O) groups is 1. The van der Waals surface area contributed by atoms with Crippen LogP contribution in [0.15, 0.2) is 67.0 Å². The molecule has 1 aromatic heterocycles. The number of benzene rings is 3. The van der Waals surface area contributed by atoms with E-state index in [9.17, 15) is 10.1 Å². The number of Topliss-reactive ketones (excluding diaryl/α,β-unsaturated/α-hetero) is 1. The largest absolute Gasteiger partial charge is 0.393 e. The Morgan fingerprint density at radius 3 is 2.39 bits per heavy atom. The number of nitriles is 1. The fourth-order valence-corrected chi connectivity index (χ4v) is 4.11. The van der Waals surface area contributed by atoms with Crippen molar-refractivity contribution in [3.8, 4) is 6.07 Å². The summed E-state index contributed by atoms with van der Waals surface area (Å²) in [7, 11) is 0. The molecule has 180 valence electrons. The van der Waals surface area contributed by atoms with E-state index in [1.165, 1.54) is 13.3 Å². The van der Waals surface area contributed by atoms with Gasteiger partial charge in [-0.1, -0.05) is 53.5 Å². The van der Waals surface area contributed by atoms with E-state index in [-0.39, 0.29) is 5.78 Å². The van der Waals surface area contributed by atoms with Gasteiger partial charge in [-0.2, -0.15) is 5.26 Å². The third kappa shape index (κ3) is 5.41. The van der Waals surface area contributed by atoms with Gasteiger partial charge in [-0.3, -0.25) is 4.79 Å². The lowest BCUT2D eigenvalue weighted by Gasteiger charge is -2.17. The van der Waals surface area contributed by atoms with Crippen LogP contribution in [-0.2, 0) is 0 Å². The Kier molecular flexibility index (Phi) is 7.39. The van der Waals surface area contributed by atoms with Gasteiger partial charge in [-0.05, 0) is 60.9 Å². The normalized spacial score (nSPS) is 11.4. The summed E-state index contributed by atoms with van der Waals surface area (Å²) < 4.78 is 0. The molecule has 0 saturated heterocycles. The number of anilines is 5. The second-order valence-electron chi connectivity index (χ2n) is 8.17. The number of nitrogens with one attached hydrogen (secondary N) is 2. The van der Waals surface area contributed by atoms with Crippen molar-refractivity contribution in [2.45, 2.75) is 19.8 Å². The van der Waals surface area contributed by atoms with Gasteiger partial charge in [0.2, 0.25) is 0 Å². The topological polar surface area (TPSA) is 117 Å². The van der Waals surface area contributed by atoms with Crippen LogP contribution in [0.4, 0.5) is 28.7 Å². The average molecular weight is 517 g/mol. The van der Waals surface area contributed by atoms with Gasteiger partial charge in [0.1, 0.15) is 12.0 Å². The molecule has 1 heterocycles. The number of ketones is 1. The van der Waals surface area contributed by atoms with E-state index in [4.69, 9.17) is 28.9 Å². The highest BCUT2D eigenvalue weighted by Crippen LogP contribution is 2.36. The van der Waals surface area contributed by atoms with Crippen LogP contribution in [0.2, 0.25) is 10.0 Å². The molecule has 0 aliphatic heterocycles. The predicted octanol–water partition coefficient (Wildman–Crippen LogP) is 7.02. The van der Waals surface area contributed by atoms with Crippen molar-refractivity contribution >= 4 is 57.7 Å². The first kappa shape index (κ1) is 25.0. The van der Waals surface area contributed by atoms with Gasteiger partial charge < -0.3 is 16.4 Å². The molecule has 0 spiro atoms. The van der Waals surface area contributed by atoms with Crippen molar-refractivity contribution in [3.05, 3.63) is 99.3 Å². The third-order valence-corrected chi connectivity index (χ3v) is 6.24. The fraction of sp³-hybridized carbons (Fsp3) is 0.111. The summed E-state index contributed by atoms with van der Waals surface area (Å²) >= 11 is 12.6. The summed E-state index contributed by atoms with van der Waals surface area (Å²) in [5.74, 6) is 0.188. The summed E-state index contributed by atoms with van der Waals surface area (Å²) in [4.78, 5) is 20.2. The Morgan fingerprint density at radius 2 is 1.72 bits per heavy atom. The van der Waals surface area contributed by atoms with Gasteiger partial charge in [0.05, 0.1) is 12.0 Å². The van der Waals surface area contributed by atoms with Crippen LogP contribution in [0, 0.1) is 18.3 Å². The number of halogens is 2. The number of nitrogens with zero attached hydrogens (tertiary/aromatic N) is 3. The molecule has 0 aliphatic rings. The molecule has 0 aliphatic carbocycles. The monoisotopic (exact) mass is 516 g/mol. The van der Waals surface area contributed by atoms with E-state index in [0.717, 1.165) is 11.1 Å². The number of hydrogen-bond donors (Lipinski definition) is 3. The minimum atomic E-state index is -0.548. The summed E-state index contributed by atoms with van der Waals surface area (Å²) in [5.41, 5.74) is 10.9. The first-order valence-corrected chi connectivity index (χ1v) is 11.7. The fourth-order valence-electron chi connectivity index (χ4n) is 3.71. The molecule has 0 fully saturated rings. The Labute approximate surface area is 218 Å². The number of aromatic nitrogens is 2. The highest BCUT2D eigenvalue weighted by molar-refractivity contribution is 6.32.